The summed E-state index contributed by atoms with van der Waals surface area (Å²) in [5, 5.41) is 10.3. The third-order valence-corrected chi connectivity index (χ3v) is 3.61. The molecule has 4 nitrogen and oxygen atoms in total. The van der Waals surface area contributed by atoms with Crippen LogP contribution >= 0.6 is 0 Å². The predicted molar refractivity (Wildman–Crippen MR) is 81.3 cm³/mol. The lowest BCUT2D eigenvalue weighted by atomic mass is 10.0. The maximum atomic E-state index is 11.2. The summed E-state index contributed by atoms with van der Waals surface area (Å²) in [6.45, 7) is 5.73. The molecule has 20 heavy (non-hydrogen) atoms. The second-order valence-corrected chi connectivity index (χ2v) is 5.23. The van der Waals surface area contributed by atoms with Crippen molar-refractivity contribution >= 4 is 16.9 Å². The van der Waals surface area contributed by atoms with Crippen molar-refractivity contribution in [1.82, 2.24) is 4.57 Å². The van der Waals surface area contributed by atoms with Gasteiger partial charge in [0, 0.05) is 18.1 Å². The van der Waals surface area contributed by atoms with Gasteiger partial charge in [0.2, 0.25) is 0 Å². The van der Waals surface area contributed by atoms with E-state index in [2.05, 4.69) is 17.7 Å². The van der Waals surface area contributed by atoms with E-state index in [0.717, 1.165) is 42.3 Å². The first-order chi connectivity index (χ1) is 9.58. The number of fused-ring (bicyclic) bond motifs is 1. The molecule has 0 bridgehead atoms. The molecule has 0 aliphatic heterocycles. The summed E-state index contributed by atoms with van der Waals surface area (Å²) >= 11 is 0. The third kappa shape index (κ3) is 2.70. The fourth-order valence-corrected chi connectivity index (χ4v) is 2.76. The Hall–Kier alpha value is -1.81. The van der Waals surface area contributed by atoms with Gasteiger partial charge in [0.05, 0.1) is 11.1 Å². The molecule has 0 spiro atoms. The minimum Gasteiger partial charge on any atom is -0.478 e. The van der Waals surface area contributed by atoms with Crippen LogP contribution in [-0.2, 0) is 13.0 Å². The molecule has 4 heteroatoms. The largest absolute Gasteiger partial charge is 0.478 e. The maximum absolute atomic E-state index is 11.2. The van der Waals surface area contributed by atoms with Crippen LogP contribution in [0.2, 0.25) is 0 Å². The molecule has 3 N–H and O–H groups in total. The van der Waals surface area contributed by atoms with Gasteiger partial charge in [0.15, 0.2) is 0 Å². The normalized spacial score (nSPS) is 11.2. The van der Waals surface area contributed by atoms with Crippen molar-refractivity contribution in [3.63, 3.8) is 0 Å². The molecule has 1 heterocycles. The number of rotatable bonds is 6. The summed E-state index contributed by atoms with van der Waals surface area (Å²) < 4.78 is 2.24. The second kappa shape index (κ2) is 6.09. The zero-order chi connectivity index (χ0) is 14.7. The monoisotopic (exact) mass is 274 g/mol. The predicted octanol–water partition coefficient (Wildman–Crippen LogP) is 2.95. The molecule has 0 amide bonds. The molecule has 0 radical (unpaired) electrons. The first-order valence-corrected chi connectivity index (χ1v) is 7.14. The zero-order valence-corrected chi connectivity index (χ0v) is 12.1. The molecular weight excluding hydrogens is 252 g/mol. The van der Waals surface area contributed by atoms with Crippen molar-refractivity contribution in [2.45, 2.75) is 39.7 Å². The highest BCUT2D eigenvalue weighted by molar-refractivity contribution is 5.96. The number of hydrogen-bond donors (Lipinski definition) is 2. The van der Waals surface area contributed by atoms with Crippen LogP contribution in [0.15, 0.2) is 18.3 Å². The molecule has 2 aromatic rings. The Labute approximate surface area is 119 Å². The van der Waals surface area contributed by atoms with Gasteiger partial charge in [-0.3, -0.25) is 0 Å². The maximum Gasteiger partial charge on any atom is 0.335 e. The van der Waals surface area contributed by atoms with Crippen molar-refractivity contribution in [2.24, 2.45) is 5.73 Å². The van der Waals surface area contributed by atoms with Crippen molar-refractivity contribution < 1.29 is 9.90 Å². The molecule has 0 saturated heterocycles. The molecule has 0 fully saturated rings. The Balaban J connectivity index is 2.62. The van der Waals surface area contributed by atoms with Crippen LogP contribution < -0.4 is 5.73 Å². The van der Waals surface area contributed by atoms with Crippen LogP contribution in [0.1, 0.15) is 41.3 Å². The van der Waals surface area contributed by atoms with E-state index in [4.69, 9.17) is 5.73 Å². The lowest BCUT2D eigenvalue weighted by molar-refractivity contribution is 0.0697. The molecule has 0 unspecified atom stereocenters. The van der Waals surface area contributed by atoms with Crippen molar-refractivity contribution in [1.29, 1.82) is 0 Å². The number of nitrogens with zero attached hydrogens (tertiary/aromatic N) is 1. The molecule has 108 valence electrons. The van der Waals surface area contributed by atoms with E-state index < -0.39 is 5.97 Å². The van der Waals surface area contributed by atoms with Gasteiger partial charge < -0.3 is 15.4 Å². The number of carboxylic acid groups (broad SMARTS) is 1. The Kier molecular flexibility index (Phi) is 4.45. The lowest BCUT2D eigenvalue weighted by Gasteiger charge is -2.07. The highest BCUT2D eigenvalue weighted by Gasteiger charge is 2.14. The number of aryl methyl sites for hydroxylation is 3. The first-order valence-electron chi connectivity index (χ1n) is 7.14. The Bertz CT molecular complexity index is 629. The van der Waals surface area contributed by atoms with Gasteiger partial charge in [0.1, 0.15) is 0 Å². The average molecular weight is 274 g/mol. The van der Waals surface area contributed by atoms with Crippen molar-refractivity contribution in [3.05, 3.63) is 35.0 Å². The highest BCUT2D eigenvalue weighted by Crippen LogP contribution is 2.27. The summed E-state index contributed by atoms with van der Waals surface area (Å²) in [5.41, 5.74) is 9.33. The van der Waals surface area contributed by atoms with Crippen LogP contribution in [0.3, 0.4) is 0 Å². The van der Waals surface area contributed by atoms with E-state index in [1.54, 1.807) is 12.1 Å². The molecule has 1 aromatic heterocycles. The summed E-state index contributed by atoms with van der Waals surface area (Å²) in [6, 6.07) is 3.55. The summed E-state index contributed by atoms with van der Waals surface area (Å²) in [4.78, 5) is 11.2. The minimum absolute atomic E-state index is 0.359. The van der Waals surface area contributed by atoms with E-state index in [0.29, 0.717) is 12.1 Å². The van der Waals surface area contributed by atoms with Gasteiger partial charge in [-0.1, -0.05) is 6.92 Å². The molecule has 0 aliphatic carbocycles. The standard InChI is InChI=1S/C16H22N2O2/c1-3-7-18-10-12(5-4-6-17)14-9-13(16(19)20)8-11(2)15(14)18/h8-10H,3-7,17H2,1-2H3,(H,19,20). The van der Waals surface area contributed by atoms with Crippen molar-refractivity contribution in [2.75, 3.05) is 6.54 Å². The fraction of sp³-hybridized carbons (Fsp3) is 0.438. The lowest BCUT2D eigenvalue weighted by Crippen LogP contribution is -2.00. The number of carboxylic acids is 1. The quantitative estimate of drug-likeness (QED) is 0.851. The summed E-state index contributed by atoms with van der Waals surface area (Å²) in [6.07, 6.45) is 5.02. The number of hydrogen-bond acceptors (Lipinski definition) is 2. The van der Waals surface area contributed by atoms with E-state index in [1.807, 2.05) is 6.92 Å². The van der Waals surface area contributed by atoms with Gasteiger partial charge in [-0.15, -0.1) is 0 Å². The van der Waals surface area contributed by atoms with Gasteiger partial charge >= 0.3 is 5.97 Å². The van der Waals surface area contributed by atoms with Crippen LogP contribution in [0.4, 0.5) is 0 Å². The van der Waals surface area contributed by atoms with Crippen LogP contribution in [0.25, 0.3) is 10.9 Å². The Morgan fingerprint density at radius 1 is 1.40 bits per heavy atom. The molecule has 0 atom stereocenters. The molecule has 0 saturated carbocycles. The third-order valence-electron chi connectivity index (χ3n) is 3.61. The average Bonchev–Trinajstić information content (AvgIpc) is 2.75. The van der Waals surface area contributed by atoms with Gasteiger partial charge in [-0.25, -0.2) is 4.79 Å². The van der Waals surface area contributed by atoms with Gasteiger partial charge in [-0.2, -0.15) is 0 Å². The SMILES string of the molecule is CCCn1cc(CCCN)c2cc(C(=O)O)cc(C)c21. The van der Waals surface area contributed by atoms with Gasteiger partial charge in [-0.05, 0) is 56.0 Å². The van der Waals surface area contributed by atoms with E-state index >= 15 is 0 Å². The summed E-state index contributed by atoms with van der Waals surface area (Å²) in [5.74, 6) is -0.872. The van der Waals surface area contributed by atoms with E-state index in [9.17, 15) is 9.90 Å². The topological polar surface area (TPSA) is 68.2 Å². The number of benzene rings is 1. The minimum atomic E-state index is -0.872. The summed E-state index contributed by atoms with van der Waals surface area (Å²) in [7, 11) is 0. The number of aromatic carboxylic acids is 1. The molecule has 1 aromatic carbocycles. The van der Waals surface area contributed by atoms with E-state index in [1.165, 1.54) is 5.56 Å². The second-order valence-electron chi connectivity index (χ2n) is 5.23. The van der Waals surface area contributed by atoms with Crippen molar-refractivity contribution in [3.8, 4) is 0 Å². The number of nitrogens with two attached hydrogens (primary N) is 1. The number of carbonyl (C=O) groups is 1. The van der Waals surface area contributed by atoms with E-state index in [-0.39, 0.29) is 0 Å². The number of aromatic nitrogens is 1. The smallest absolute Gasteiger partial charge is 0.335 e. The Morgan fingerprint density at radius 2 is 2.15 bits per heavy atom. The highest BCUT2D eigenvalue weighted by atomic mass is 16.4. The van der Waals surface area contributed by atoms with Crippen LogP contribution in [0.5, 0.6) is 0 Å². The molecule has 2 rings (SSSR count). The first kappa shape index (κ1) is 14.6. The molecular formula is C16H22N2O2. The van der Waals surface area contributed by atoms with Crippen LogP contribution in [-0.4, -0.2) is 22.2 Å². The fourth-order valence-electron chi connectivity index (χ4n) is 2.76. The van der Waals surface area contributed by atoms with Crippen LogP contribution in [0, 0.1) is 6.92 Å². The molecule has 0 aliphatic rings. The zero-order valence-electron chi connectivity index (χ0n) is 12.1. The van der Waals surface area contributed by atoms with Gasteiger partial charge in [0.25, 0.3) is 0 Å². The Morgan fingerprint density at radius 3 is 2.75 bits per heavy atom.